The van der Waals surface area contributed by atoms with Gasteiger partial charge in [-0.05, 0) is 6.92 Å². The molecule has 3 nitrogen and oxygen atoms in total. The molecule has 3 heteroatoms. The first-order valence-corrected chi connectivity index (χ1v) is 4.49. The van der Waals surface area contributed by atoms with Crippen LogP contribution in [-0.2, 0) is 9.53 Å². The molecule has 1 aromatic carbocycles. The zero-order chi connectivity index (χ0) is 10.2. The number of benzene rings is 1. The van der Waals surface area contributed by atoms with Crippen molar-refractivity contribution in [3.8, 4) is 0 Å². The minimum absolute atomic E-state index is 0.281. The van der Waals surface area contributed by atoms with Crippen molar-refractivity contribution in [1.82, 2.24) is 0 Å². The van der Waals surface area contributed by atoms with Gasteiger partial charge < -0.3 is 4.74 Å². The fourth-order valence-corrected chi connectivity index (χ4v) is 0.906. The Morgan fingerprint density at radius 2 is 1.64 bits per heavy atom. The van der Waals surface area contributed by atoms with Gasteiger partial charge in [0.25, 0.3) is 0 Å². The Morgan fingerprint density at radius 1 is 1.14 bits per heavy atom. The molecule has 74 valence electrons. The SMILES string of the molecule is CC1=NCCOC1=O.c1ccccc1. The van der Waals surface area contributed by atoms with E-state index in [-0.39, 0.29) is 5.97 Å². The number of cyclic esters (lactones) is 1. The van der Waals surface area contributed by atoms with Crippen LogP contribution in [0.2, 0.25) is 0 Å². The summed E-state index contributed by atoms with van der Waals surface area (Å²) in [5.74, 6) is -0.281. The van der Waals surface area contributed by atoms with Gasteiger partial charge in [0.15, 0.2) is 0 Å². The van der Waals surface area contributed by atoms with Gasteiger partial charge in [0.2, 0.25) is 0 Å². The molecule has 1 aliphatic rings. The van der Waals surface area contributed by atoms with Gasteiger partial charge in [-0.2, -0.15) is 0 Å². The molecule has 0 fully saturated rings. The summed E-state index contributed by atoms with van der Waals surface area (Å²) in [6.45, 7) is 2.72. The second-order valence-electron chi connectivity index (χ2n) is 2.76. The van der Waals surface area contributed by atoms with Crippen molar-refractivity contribution in [2.24, 2.45) is 4.99 Å². The number of esters is 1. The highest BCUT2D eigenvalue weighted by Gasteiger charge is 2.09. The lowest BCUT2D eigenvalue weighted by Gasteiger charge is -2.06. The van der Waals surface area contributed by atoms with Crippen molar-refractivity contribution < 1.29 is 9.53 Å². The third-order valence-electron chi connectivity index (χ3n) is 1.64. The highest BCUT2D eigenvalue weighted by molar-refractivity contribution is 6.35. The van der Waals surface area contributed by atoms with Gasteiger partial charge in [0.1, 0.15) is 12.3 Å². The Labute approximate surface area is 83.4 Å². The van der Waals surface area contributed by atoms with E-state index in [9.17, 15) is 4.79 Å². The highest BCUT2D eigenvalue weighted by atomic mass is 16.5. The highest BCUT2D eigenvalue weighted by Crippen LogP contribution is 1.91. The summed E-state index contributed by atoms with van der Waals surface area (Å²) in [6.07, 6.45) is 0. The minimum atomic E-state index is -0.281. The molecule has 0 N–H and O–H groups in total. The molecule has 0 atom stereocenters. The zero-order valence-corrected chi connectivity index (χ0v) is 8.14. The van der Waals surface area contributed by atoms with Gasteiger partial charge in [-0.1, -0.05) is 36.4 Å². The maximum atomic E-state index is 10.4. The molecular formula is C11H13NO2. The van der Waals surface area contributed by atoms with Crippen molar-refractivity contribution in [2.75, 3.05) is 13.2 Å². The number of carbonyl (C=O) groups is 1. The number of rotatable bonds is 0. The standard InChI is InChI=1S/C6H6.C5H7NO2/c1-2-4-6-5-3-1;1-4-5(7)8-3-2-6-4/h1-6H;2-3H2,1H3. The third-order valence-corrected chi connectivity index (χ3v) is 1.64. The Hall–Kier alpha value is -1.64. The van der Waals surface area contributed by atoms with Crippen molar-refractivity contribution in [2.45, 2.75) is 6.92 Å². The number of ether oxygens (including phenoxy) is 1. The van der Waals surface area contributed by atoms with E-state index in [2.05, 4.69) is 9.73 Å². The molecule has 0 saturated carbocycles. The molecule has 1 heterocycles. The molecule has 0 spiro atoms. The van der Waals surface area contributed by atoms with Crippen molar-refractivity contribution >= 4 is 11.7 Å². The first-order chi connectivity index (χ1) is 6.80. The lowest BCUT2D eigenvalue weighted by molar-refractivity contribution is -0.136. The van der Waals surface area contributed by atoms with Crippen molar-refractivity contribution in [3.63, 3.8) is 0 Å². The number of carbonyl (C=O) groups excluding carboxylic acids is 1. The van der Waals surface area contributed by atoms with Crippen LogP contribution in [0.4, 0.5) is 0 Å². The second kappa shape index (κ2) is 5.91. The summed E-state index contributed by atoms with van der Waals surface area (Å²) in [5, 5.41) is 0. The van der Waals surface area contributed by atoms with Crippen LogP contribution >= 0.6 is 0 Å². The summed E-state index contributed by atoms with van der Waals surface area (Å²) in [4.78, 5) is 14.3. The number of hydrogen-bond donors (Lipinski definition) is 0. The van der Waals surface area contributed by atoms with Crippen LogP contribution in [0.15, 0.2) is 41.4 Å². The fraction of sp³-hybridized carbons (Fsp3) is 0.273. The molecule has 0 aromatic heterocycles. The van der Waals surface area contributed by atoms with Crippen LogP contribution in [0.25, 0.3) is 0 Å². The van der Waals surface area contributed by atoms with E-state index in [1.165, 1.54) is 0 Å². The molecule has 14 heavy (non-hydrogen) atoms. The van der Waals surface area contributed by atoms with E-state index in [1.807, 2.05) is 36.4 Å². The molecule has 2 rings (SSSR count). The molecule has 0 unspecified atom stereocenters. The fourth-order valence-electron chi connectivity index (χ4n) is 0.906. The van der Waals surface area contributed by atoms with E-state index >= 15 is 0 Å². The Balaban J connectivity index is 0.000000146. The lowest BCUT2D eigenvalue weighted by Crippen LogP contribution is -2.21. The number of hydrogen-bond acceptors (Lipinski definition) is 3. The quantitative estimate of drug-likeness (QED) is 0.585. The summed E-state index contributed by atoms with van der Waals surface area (Å²) in [5.41, 5.74) is 0.483. The van der Waals surface area contributed by atoms with Crippen LogP contribution in [0, 0.1) is 0 Å². The van der Waals surface area contributed by atoms with Gasteiger partial charge in [-0.15, -0.1) is 0 Å². The van der Waals surface area contributed by atoms with E-state index in [0.717, 1.165) is 0 Å². The summed E-state index contributed by atoms with van der Waals surface area (Å²) in [6, 6.07) is 12.0. The predicted molar refractivity (Wildman–Crippen MR) is 55.4 cm³/mol. The number of nitrogens with zero attached hydrogens (tertiary/aromatic N) is 1. The first kappa shape index (κ1) is 10.4. The molecule has 0 radical (unpaired) electrons. The Kier molecular flexibility index (Phi) is 4.41. The van der Waals surface area contributed by atoms with Crippen LogP contribution < -0.4 is 0 Å². The van der Waals surface area contributed by atoms with Crippen molar-refractivity contribution in [1.29, 1.82) is 0 Å². The monoisotopic (exact) mass is 191 g/mol. The van der Waals surface area contributed by atoms with E-state index in [0.29, 0.717) is 18.9 Å². The average molecular weight is 191 g/mol. The van der Waals surface area contributed by atoms with Crippen LogP contribution in [-0.4, -0.2) is 24.8 Å². The molecule has 0 saturated heterocycles. The summed E-state index contributed by atoms with van der Waals surface area (Å²) >= 11 is 0. The van der Waals surface area contributed by atoms with Gasteiger partial charge >= 0.3 is 5.97 Å². The molecule has 0 bridgehead atoms. The van der Waals surface area contributed by atoms with Crippen LogP contribution in [0.3, 0.4) is 0 Å². The molecule has 1 aliphatic heterocycles. The molecule has 0 amide bonds. The van der Waals surface area contributed by atoms with E-state index in [4.69, 9.17) is 0 Å². The predicted octanol–water partition coefficient (Wildman–Crippen LogP) is 1.69. The lowest BCUT2D eigenvalue weighted by atomic mass is 10.4. The normalized spacial score (nSPS) is 14.6. The zero-order valence-electron chi connectivity index (χ0n) is 8.14. The third kappa shape index (κ3) is 3.85. The maximum Gasteiger partial charge on any atom is 0.351 e. The smallest absolute Gasteiger partial charge is 0.351 e. The van der Waals surface area contributed by atoms with Gasteiger partial charge in [-0.25, -0.2) is 4.79 Å². The van der Waals surface area contributed by atoms with Gasteiger partial charge in [0.05, 0.1) is 6.54 Å². The van der Waals surface area contributed by atoms with Crippen molar-refractivity contribution in [3.05, 3.63) is 36.4 Å². The largest absolute Gasteiger partial charge is 0.459 e. The molecule has 0 aliphatic carbocycles. The van der Waals surface area contributed by atoms with Gasteiger partial charge in [-0.3, -0.25) is 4.99 Å². The Bertz CT molecular complexity index is 280. The summed E-state index contributed by atoms with van der Waals surface area (Å²) < 4.78 is 4.62. The Morgan fingerprint density at radius 3 is 1.93 bits per heavy atom. The number of aliphatic imine (C=N–C) groups is 1. The summed E-state index contributed by atoms with van der Waals surface area (Å²) in [7, 11) is 0. The molecule has 1 aromatic rings. The second-order valence-corrected chi connectivity index (χ2v) is 2.76. The van der Waals surface area contributed by atoms with Gasteiger partial charge in [0, 0.05) is 0 Å². The van der Waals surface area contributed by atoms with E-state index < -0.39 is 0 Å². The topological polar surface area (TPSA) is 38.7 Å². The minimum Gasteiger partial charge on any atom is -0.459 e. The van der Waals surface area contributed by atoms with Crippen LogP contribution in [0.1, 0.15) is 6.92 Å². The maximum absolute atomic E-state index is 10.4. The average Bonchev–Trinajstić information content (AvgIpc) is 2.26. The first-order valence-electron chi connectivity index (χ1n) is 4.49. The van der Waals surface area contributed by atoms with Crippen LogP contribution in [0.5, 0.6) is 0 Å². The molecular weight excluding hydrogens is 178 g/mol. The van der Waals surface area contributed by atoms with E-state index in [1.54, 1.807) is 6.92 Å².